The second kappa shape index (κ2) is 8.92. The molecule has 0 saturated carbocycles. The number of rotatable bonds is 6. The minimum Gasteiger partial charge on any atom is -0.467 e. The maximum absolute atomic E-state index is 12.9. The highest BCUT2D eigenvalue weighted by Gasteiger charge is 2.24. The molecular formula is C21H21FN2O2S2. The van der Waals surface area contributed by atoms with Gasteiger partial charge < -0.3 is 9.64 Å². The number of thiazole rings is 1. The van der Waals surface area contributed by atoms with Gasteiger partial charge in [0.25, 0.3) is 5.19 Å². The average Bonchev–Trinajstić information content (AvgIpc) is 3.12. The van der Waals surface area contributed by atoms with Crippen molar-refractivity contribution in [3.8, 4) is 5.19 Å². The number of hydrogen-bond acceptors (Lipinski definition) is 5. The van der Waals surface area contributed by atoms with Crippen LogP contribution in [0.3, 0.4) is 0 Å². The molecular weight excluding hydrogens is 395 g/mol. The molecule has 1 aromatic heterocycles. The van der Waals surface area contributed by atoms with Gasteiger partial charge in [-0.15, -0.1) is 11.8 Å². The number of fused-ring (bicyclic) bond motifs is 1. The number of aromatic nitrogens is 1. The lowest BCUT2D eigenvalue weighted by Crippen LogP contribution is -2.41. The Kier molecular flexibility index (Phi) is 6.12. The third-order valence-corrected chi connectivity index (χ3v) is 6.68. The van der Waals surface area contributed by atoms with Crippen molar-refractivity contribution in [1.29, 1.82) is 0 Å². The van der Waals surface area contributed by atoms with Gasteiger partial charge in [-0.25, -0.2) is 9.37 Å². The third kappa shape index (κ3) is 4.83. The summed E-state index contributed by atoms with van der Waals surface area (Å²) in [4.78, 5) is 19.9. The molecule has 28 heavy (non-hydrogen) atoms. The van der Waals surface area contributed by atoms with Crippen LogP contribution < -0.4 is 4.74 Å². The molecule has 146 valence electrons. The number of thioether (sulfide) groups is 1. The maximum Gasteiger partial charge on any atom is 0.274 e. The van der Waals surface area contributed by atoms with Crippen molar-refractivity contribution >= 4 is 39.2 Å². The molecule has 1 saturated heterocycles. The highest BCUT2D eigenvalue weighted by atomic mass is 32.2. The number of carbonyl (C=O) groups excluding carboxylic acids is 1. The molecule has 4 rings (SSSR count). The van der Waals surface area contributed by atoms with Gasteiger partial charge in [0.15, 0.2) is 0 Å². The van der Waals surface area contributed by atoms with E-state index in [1.165, 1.54) is 12.1 Å². The molecule has 0 atom stereocenters. The van der Waals surface area contributed by atoms with E-state index in [9.17, 15) is 9.18 Å². The van der Waals surface area contributed by atoms with E-state index in [4.69, 9.17) is 4.74 Å². The number of likely N-dealkylation sites (tertiary alicyclic amines) is 1. The summed E-state index contributed by atoms with van der Waals surface area (Å²) in [5.74, 6) is 0.636. The Labute approximate surface area is 171 Å². The molecule has 0 unspecified atom stereocenters. The Hall–Kier alpha value is -2.12. The normalized spacial score (nSPS) is 15.1. The number of ether oxygens (including phenoxy) is 1. The summed E-state index contributed by atoms with van der Waals surface area (Å²) >= 11 is 3.15. The van der Waals surface area contributed by atoms with Crippen LogP contribution in [0.1, 0.15) is 19.3 Å². The zero-order valence-corrected chi connectivity index (χ0v) is 17.0. The quantitative estimate of drug-likeness (QED) is 0.531. The predicted molar refractivity (Wildman–Crippen MR) is 112 cm³/mol. The molecule has 0 spiro atoms. The standard InChI is InChI=1S/C21H21FN2O2S2/c22-15-5-7-17(8-6-15)27-14-11-20(25)24-12-9-16(10-13-24)26-21-23-18-3-1-2-4-19(18)28-21/h1-8,16H,9-14H2. The molecule has 7 heteroatoms. The molecule has 0 bridgehead atoms. The Bertz CT molecular complexity index is 904. The number of hydrogen-bond donors (Lipinski definition) is 0. The number of halogens is 1. The fourth-order valence-corrected chi connectivity index (χ4v) is 4.93. The molecule has 1 fully saturated rings. The average molecular weight is 417 g/mol. The zero-order valence-electron chi connectivity index (χ0n) is 15.3. The van der Waals surface area contributed by atoms with E-state index in [1.54, 1.807) is 35.2 Å². The van der Waals surface area contributed by atoms with Gasteiger partial charge in [-0.05, 0) is 36.4 Å². The molecule has 2 aromatic carbocycles. The zero-order chi connectivity index (χ0) is 19.3. The number of benzene rings is 2. The first-order valence-corrected chi connectivity index (χ1v) is 11.2. The molecule has 0 radical (unpaired) electrons. The van der Waals surface area contributed by atoms with E-state index >= 15 is 0 Å². The lowest BCUT2D eigenvalue weighted by Gasteiger charge is -2.31. The Balaban J connectivity index is 1.21. The fourth-order valence-electron chi connectivity index (χ4n) is 3.21. The van der Waals surface area contributed by atoms with E-state index in [1.807, 2.05) is 29.2 Å². The van der Waals surface area contributed by atoms with Gasteiger partial charge in [0.2, 0.25) is 5.91 Å². The second-order valence-corrected chi connectivity index (χ2v) is 8.86. The summed E-state index contributed by atoms with van der Waals surface area (Å²) in [7, 11) is 0. The van der Waals surface area contributed by atoms with Crippen LogP contribution >= 0.6 is 23.1 Å². The van der Waals surface area contributed by atoms with Crippen LogP contribution in [-0.2, 0) is 4.79 Å². The van der Waals surface area contributed by atoms with Gasteiger partial charge in [0.05, 0.1) is 10.2 Å². The topological polar surface area (TPSA) is 42.4 Å². The summed E-state index contributed by atoms with van der Waals surface area (Å²) < 4.78 is 20.1. The van der Waals surface area contributed by atoms with E-state index in [0.29, 0.717) is 17.4 Å². The van der Waals surface area contributed by atoms with Crippen LogP contribution in [0.2, 0.25) is 0 Å². The monoisotopic (exact) mass is 416 g/mol. The highest BCUT2D eigenvalue weighted by molar-refractivity contribution is 7.99. The Morgan fingerprint density at radius 2 is 1.93 bits per heavy atom. The maximum atomic E-state index is 12.9. The van der Waals surface area contributed by atoms with Crippen molar-refractivity contribution in [2.45, 2.75) is 30.3 Å². The Morgan fingerprint density at radius 3 is 2.68 bits per heavy atom. The van der Waals surface area contributed by atoms with E-state index < -0.39 is 0 Å². The van der Waals surface area contributed by atoms with Gasteiger partial charge in [0, 0.05) is 43.0 Å². The van der Waals surface area contributed by atoms with Crippen LogP contribution in [0.15, 0.2) is 53.4 Å². The first-order chi connectivity index (χ1) is 13.7. The second-order valence-electron chi connectivity index (χ2n) is 6.70. The number of nitrogens with zero attached hydrogens (tertiary/aromatic N) is 2. The first kappa shape index (κ1) is 19.2. The van der Waals surface area contributed by atoms with Gasteiger partial charge in [0.1, 0.15) is 11.9 Å². The molecule has 1 aliphatic rings. The first-order valence-electron chi connectivity index (χ1n) is 9.36. The lowest BCUT2D eigenvalue weighted by molar-refractivity contribution is -0.132. The number of para-hydroxylation sites is 1. The van der Waals surface area contributed by atoms with E-state index in [0.717, 1.165) is 41.0 Å². The molecule has 1 amide bonds. The number of amides is 1. The van der Waals surface area contributed by atoms with Crippen LogP contribution in [0.4, 0.5) is 4.39 Å². The number of piperidine rings is 1. The summed E-state index contributed by atoms with van der Waals surface area (Å²) in [5, 5.41) is 0.710. The van der Waals surface area contributed by atoms with Gasteiger partial charge >= 0.3 is 0 Å². The van der Waals surface area contributed by atoms with E-state index in [-0.39, 0.29) is 17.8 Å². The van der Waals surface area contributed by atoms with Crippen LogP contribution in [0, 0.1) is 5.82 Å². The van der Waals surface area contributed by atoms with Crippen molar-refractivity contribution in [1.82, 2.24) is 9.88 Å². The van der Waals surface area contributed by atoms with Crippen molar-refractivity contribution in [3.63, 3.8) is 0 Å². The molecule has 1 aliphatic heterocycles. The predicted octanol–water partition coefficient (Wildman–Crippen LogP) is 4.99. The van der Waals surface area contributed by atoms with Crippen molar-refractivity contribution in [3.05, 3.63) is 54.3 Å². The van der Waals surface area contributed by atoms with Gasteiger partial charge in [-0.2, -0.15) is 0 Å². The third-order valence-electron chi connectivity index (χ3n) is 4.73. The fraction of sp³-hybridized carbons (Fsp3) is 0.333. The lowest BCUT2D eigenvalue weighted by atomic mass is 10.1. The molecule has 0 aliphatic carbocycles. The molecule has 0 N–H and O–H groups in total. The minimum atomic E-state index is -0.239. The largest absolute Gasteiger partial charge is 0.467 e. The summed E-state index contributed by atoms with van der Waals surface area (Å²) in [6.45, 7) is 1.44. The highest BCUT2D eigenvalue weighted by Crippen LogP contribution is 2.29. The SMILES string of the molecule is O=C(CCSc1ccc(F)cc1)N1CCC(Oc2nc3ccccc3s2)CC1. The number of carbonyl (C=O) groups is 1. The summed E-state index contributed by atoms with van der Waals surface area (Å²) in [5.41, 5.74) is 0.966. The molecule has 4 nitrogen and oxygen atoms in total. The van der Waals surface area contributed by atoms with Crippen molar-refractivity contribution in [2.75, 3.05) is 18.8 Å². The smallest absolute Gasteiger partial charge is 0.274 e. The minimum absolute atomic E-state index is 0.109. The van der Waals surface area contributed by atoms with Crippen LogP contribution in [0.5, 0.6) is 5.19 Å². The van der Waals surface area contributed by atoms with E-state index in [2.05, 4.69) is 4.98 Å². The summed E-state index contributed by atoms with van der Waals surface area (Å²) in [6.07, 6.45) is 2.25. The molecule has 2 heterocycles. The van der Waals surface area contributed by atoms with Crippen LogP contribution in [0.25, 0.3) is 10.2 Å². The summed E-state index contributed by atoms with van der Waals surface area (Å²) in [6, 6.07) is 14.4. The Morgan fingerprint density at radius 1 is 1.18 bits per heavy atom. The van der Waals surface area contributed by atoms with Gasteiger partial charge in [-0.3, -0.25) is 4.79 Å². The van der Waals surface area contributed by atoms with Crippen molar-refractivity contribution < 1.29 is 13.9 Å². The van der Waals surface area contributed by atoms with Gasteiger partial charge in [-0.1, -0.05) is 23.5 Å². The van der Waals surface area contributed by atoms with Crippen molar-refractivity contribution in [2.24, 2.45) is 0 Å². The van der Waals surface area contributed by atoms with Crippen LogP contribution in [-0.4, -0.2) is 40.7 Å². The molecule has 3 aromatic rings.